The molecular formula is C39H80NO7P. The zero-order chi connectivity index (χ0) is 35.2. The van der Waals surface area contributed by atoms with Gasteiger partial charge in [-0.25, -0.2) is 4.57 Å². The van der Waals surface area contributed by atoms with Gasteiger partial charge in [-0.2, -0.15) is 0 Å². The number of carbonyl (C=O) groups excluding carboxylic acids is 1. The molecule has 288 valence electrons. The molecule has 0 aromatic rings. The summed E-state index contributed by atoms with van der Waals surface area (Å²) in [5.74, 6) is -0.326. The fourth-order valence-electron chi connectivity index (χ4n) is 6.00. The maximum Gasteiger partial charge on any atom is 0.472 e. The molecule has 8 nitrogen and oxygen atoms in total. The lowest BCUT2D eigenvalue weighted by Gasteiger charge is -2.20. The summed E-state index contributed by atoms with van der Waals surface area (Å²) in [7, 11) is -4.26. The first-order valence-electron chi connectivity index (χ1n) is 20.5. The molecule has 0 aliphatic carbocycles. The van der Waals surface area contributed by atoms with E-state index in [9.17, 15) is 14.3 Å². The molecule has 2 unspecified atom stereocenters. The summed E-state index contributed by atoms with van der Waals surface area (Å²) >= 11 is 0. The molecule has 0 aliphatic rings. The maximum atomic E-state index is 12.5. The highest BCUT2D eigenvalue weighted by Crippen LogP contribution is 2.43. The Kier molecular flexibility index (Phi) is 37.4. The van der Waals surface area contributed by atoms with Gasteiger partial charge in [0.2, 0.25) is 0 Å². The van der Waals surface area contributed by atoms with Crippen LogP contribution in [0.25, 0.3) is 0 Å². The molecule has 2 atom stereocenters. The SMILES string of the molecule is CCCCCCCCCCCCCCCCCCCCCCCC(=O)OC(COCCCCCCCCCC)COP(=O)(O)OCCN. The minimum atomic E-state index is -4.26. The van der Waals surface area contributed by atoms with E-state index in [2.05, 4.69) is 13.8 Å². The van der Waals surface area contributed by atoms with Gasteiger partial charge in [0.05, 0.1) is 19.8 Å². The van der Waals surface area contributed by atoms with E-state index < -0.39 is 13.9 Å². The van der Waals surface area contributed by atoms with Crippen LogP contribution in [0.15, 0.2) is 0 Å². The van der Waals surface area contributed by atoms with E-state index in [-0.39, 0.29) is 32.3 Å². The quantitative estimate of drug-likeness (QED) is 0.0367. The molecule has 0 aromatic carbocycles. The van der Waals surface area contributed by atoms with Crippen molar-refractivity contribution in [3.63, 3.8) is 0 Å². The molecule has 0 radical (unpaired) electrons. The normalized spacial score (nSPS) is 13.5. The average Bonchev–Trinajstić information content (AvgIpc) is 3.07. The molecule has 0 aromatic heterocycles. The first-order chi connectivity index (χ1) is 23.4. The minimum absolute atomic E-state index is 0.0906. The third-order valence-corrected chi connectivity index (χ3v) is 10.0. The molecule has 0 spiro atoms. The van der Waals surface area contributed by atoms with Crippen molar-refractivity contribution in [1.82, 2.24) is 0 Å². The Bertz CT molecular complexity index is 712. The number of nitrogens with two attached hydrogens (primary N) is 1. The van der Waals surface area contributed by atoms with Gasteiger partial charge in [0.1, 0.15) is 6.10 Å². The van der Waals surface area contributed by atoms with Gasteiger partial charge in [-0.15, -0.1) is 0 Å². The van der Waals surface area contributed by atoms with E-state index in [4.69, 9.17) is 24.3 Å². The standard InChI is InChI=1S/C39H80NO7P/c1-3-5-7-9-11-13-14-15-16-17-18-19-20-21-22-23-24-25-26-28-30-32-39(41)47-38(37-46-48(42,43)45-35-33-40)36-44-34-31-29-27-12-10-8-6-4-2/h38H,3-37,40H2,1-2H3,(H,42,43). The van der Waals surface area contributed by atoms with Gasteiger partial charge in [0.25, 0.3) is 0 Å². The van der Waals surface area contributed by atoms with Crippen molar-refractivity contribution in [1.29, 1.82) is 0 Å². The van der Waals surface area contributed by atoms with E-state index >= 15 is 0 Å². The van der Waals surface area contributed by atoms with Crippen LogP contribution >= 0.6 is 7.82 Å². The van der Waals surface area contributed by atoms with Crippen LogP contribution in [0.1, 0.15) is 206 Å². The van der Waals surface area contributed by atoms with Gasteiger partial charge in [0.15, 0.2) is 0 Å². The topological polar surface area (TPSA) is 117 Å². The zero-order valence-electron chi connectivity index (χ0n) is 31.7. The van der Waals surface area contributed by atoms with Gasteiger partial charge in [-0.1, -0.05) is 187 Å². The molecule has 9 heteroatoms. The number of phosphoric ester groups is 1. The number of hydrogen-bond donors (Lipinski definition) is 2. The number of unbranched alkanes of at least 4 members (excludes halogenated alkanes) is 27. The Morgan fingerprint density at radius 1 is 0.542 bits per heavy atom. The summed E-state index contributed by atoms with van der Waals surface area (Å²) < 4.78 is 33.2. The summed E-state index contributed by atoms with van der Waals surface area (Å²) in [5, 5.41) is 0. The van der Waals surface area contributed by atoms with Gasteiger partial charge < -0.3 is 20.1 Å². The molecule has 3 N–H and O–H groups in total. The minimum Gasteiger partial charge on any atom is -0.457 e. The Balaban J connectivity index is 3.87. The molecule has 0 saturated heterocycles. The summed E-state index contributed by atoms with van der Waals surface area (Å²) in [6, 6.07) is 0. The lowest BCUT2D eigenvalue weighted by atomic mass is 10.0. The Labute approximate surface area is 297 Å². The summed E-state index contributed by atoms with van der Waals surface area (Å²) in [6.45, 7) is 4.94. The van der Waals surface area contributed by atoms with Crippen LogP contribution in [-0.4, -0.2) is 49.9 Å². The van der Waals surface area contributed by atoms with Crippen LogP contribution in [-0.2, 0) is 27.9 Å². The largest absolute Gasteiger partial charge is 0.472 e. The number of ether oxygens (including phenoxy) is 2. The lowest BCUT2D eigenvalue weighted by molar-refractivity contribution is -0.154. The van der Waals surface area contributed by atoms with Gasteiger partial charge in [-0.3, -0.25) is 13.8 Å². The molecule has 0 bridgehead atoms. The smallest absolute Gasteiger partial charge is 0.457 e. The molecule has 0 amide bonds. The summed E-state index contributed by atoms with van der Waals surface area (Å²) in [6.07, 6.45) is 37.0. The molecular weight excluding hydrogens is 625 g/mol. The summed E-state index contributed by atoms with van der Waals surface area (Å²) in [4.78, 5) is 22.4. The van der Waals surface area contributed by atoms with Crippen molar-refractivity contribution >= 4 is 13.8 Å². The first-order valence-corrected chi connectivity index (χ1v) is 22.0. The highest BCUT2D eigenvalue weighted by atomic mass is 31.2. The van der Waals surface area contributed by atoms with Crippen molar-refractivity contribution in [3.05, 3.63) is 0 Å². The monoisotopic (exact) mass is 706 g/mol. The van der Waals surface area contributed by atoms with Crippen molar-refractivity contribution in [2.45, 2.75) is 213 Å². The van der Waals surface area contributed by atoms with Crippen LogP contribution in [0.5, 0.6) is 0 Å². The molecule has 0 rings (SSSR count). The predicted octanol–water partition coefficient (Wildman–Crippen LogP) is 11.7. The van der Waals surface area contributed by atoms with Crippen LogP contribution in [0.4, 0.5) is 0 Å². The molecule has 0 heterocycles. The van der Waals surface area contributed by atoms with Gasteiger partial charge in [0, 0.05) is 19.6 Å². The number of carbonyl (C=O) groups is 1. The van der Waals surface area contributed by atoms with Crippen molar-refractivity contribution < 1.29 is 32.8 Å². The van der Waals surface area contributed by atoms with Crippen LogP contribution in [0.3, 0.4) is 0 Å². The highest BCUT2D eigenvalue weighted by Gasteiger charge is 2.25. The van der Waals surface area contributed by atoms with Crippen LogP contribution in [0, 0.1) is 0 Å². The average molecular weight is 706 g/mol. The maximum absolute atomic E-state index is 12.5. The second kappa shape index (κ2) is 37.7. The Hall–Kier alpha value is -0.500. The predicted molar refractivity (Wildman–Crippen MR) is 201 cm³/mol. The van der Waals surface area contributed by atoms with Crippen molar-refractivity contribution in [3.8, 4) is 0 Å². The third-order valence-electron chi connectivity index (χ3n) is 9.02. The zero-order valence-corrected chi connectivity index (χ0v) is 32.6. The van der Waals surface area contributed by atoms with Gasteiger partial charge in [-0.05, 0) is 12.8 Å². The Morgan fingerprint density at radius 3 is 1.31 bits per heavy atom. The first kappa shape index (κ1) is 47.5. The van der Waals surface area contributed by atoms with Crippen LogP contribution < -0.4 is 5.73 Å². The van der Waals surface area contributed by atoms with E-state index in [1.807, 2.05) is 0 Å². The van der Waals surface area contributed by atoms with Crippen molar-refractivity contribution in [2.75, 3.05) is 33.0 Å². The fraction of sp³-hybridized carbons (Fsp3) is 0.974. The lowest BCUT2D eigenvalue weighted by Crippen LogP contribution is -2.28. The van der Waals surface area contributed by atoms with E-state index in [1.165, 1.54) is 154 Å². The number of phosphoric acid groups is 1. The fourth-order valence-corrected chi connectivity index (χ4v) is 6.76. The van der Waals surface area contributed by atoms with Crippen LogP contribution in [0.2, 0.25) is 0 Å². The number of hydrogen-bond acceptors (Lipinski definition) is 7. The van der Waals surface area contributed by atoms with Gasteiger partial charge >= 0.3 is 13.8 Å². The second-order valence-corrected chi connectivity index (χ2v) is 15.3. The molecule has 48 heavy (non-hydrogen) atoms. The van der Waals surface area contributed by atoms with E-state index in [0.29, 0.717) is 13.0 Å². The highest BCUT2D eigenvalue weighted by molar-refractivity contribution is 7.47. The second-order valence-electron chi connectivity index (χ2n) is 13.9. The molecule has 0 saturated carbocycles. The number of esters is 1. The van der Waals surface area contributed by atoms with Crippen molar-refractivity contribution in [2.24, 2.45) is 5.73 Å². The Morgan fingerprint density at radius 2 is 0.917 bits per heavy atom. The molecule has 0 fully saturated rings. The van der Waals surface area contributed by atoms with E-state index in [0.717, 1.165) is 32.1 Å². The van der Waals surface area contributed by atoms with E-state index in [1.54, 1.807) is 0 Å². The molecule has 0 aliphatic heterocycles. The summed E-state index contributed by atoms with van der Waals surface area (Å²) in [5.41, 5.74) is 5.35. The number of rotatable bonds is 40. The third kappa shape index (κ3) is 36.8.